The number of rotatable bonds is 6. The fourth-order valence-corrected chi connectivity index (χ4v) is 3.19. The van der Waals surface area contributed by atoms with E-state index in [4.69, 9.17) is 10.5 Å². The Labute approximate surface area is 154 Å². The standard InChI is InChI=1S/C21H27N3O2/c1-21(2,3)16-8-10-17(11-9-16)26-15-13-24-19-7-5-4-6-18(19)23(12-14-25)20(24)22/h4-11,22,25H,12-15H2,1-3H3/p+1. The fourth-order valence-electron chi connectivity index (χ4n) is 3.19. The van der Waals surface area contributed by atoms with Gasteiger partial charge in [0.05, 0.1) is 13.2 Å². The third-order valence-electron chi connectivity index (χ3n) is 4.64. The van der Waals surface area contributed by atoms with Crippen LogP contribution in [-0.2, 0) is 18.5 Å². The molecule has 0 fully saturated rings. The zero-order valence-electron chi connectivity index (χ0n) is 15.8. The first kappa shape index (κ1) is 18.3. The molecule has 1 aromatic heterocycles. The minimum absolute atomic E-state index is 0.0551. The maximum absolute atomic E-state index is 9.31. The van der Waals surface area contributed by atoms with Crippen molar-refractivity contribution in [2.75, 3.05) is 18.9 Å². The monoisotopic (exact) mass is 354 g/mol. The quantitative estimate of drug-likeness (QED) is 0.669. The van der Waals surface area contributed by atoms with Gasteiger partial charge < -0.3 is 9.84 Å². The number of hydrogen-bond donors (Lipinski definition) is 2. The highest BCUT2D eigenvalue weighted by molar-refractivity contribution is 5.73. The summed E-state index contributed by atoms with van der Waals surface area (Å²) in [5.74, 6) is 1.49. The van der Waals surface area contributed by atoms with Crippen molar-refractivity contribution in [3.05, 3.63) is 54.1 Å². The molecule has 3 aromatic rings. The Hall–Kier alpha value is -2.53. The largest absolute Gasteiger partial charge is 0.490 e. The Balaban J connectivity index is 1.73. The number of ether oxygens (including phenoxy) is 1. The molecule has 0 atom stereocenters. The summed E-state index contributed by atoms with van der Waals surface area (Å²) in [6.07, 6.45) is 0. The highest BCUT2D eigenvalue weighted by Gasteiger charge is 2.20. The van der Waals surface area contributed by atoms with Crippen LogP contribution in [0.5, 0.6) is 5.75 Å². The fraction of sp³-hybridized carbons (Fsp3) is 0.381. The maximum Gasteiger partial charge on any atom is 0.356 e. The predicted molar refractivity (Wildman–Crippen MR) is 104 cm³/mol. The molecule has 26 heavy (non-hydrogen) atoms. The molecule has 0 saturated heterocycles. The molecule has 2 aromatic carbocycles. The van der Waals surface area contributed by atoms with Crippen molar-refractivity contribution in [1.82, 2.24) is 4.57 Å². The molecule has 5 nitrogen and oxygen atoms in total. The molecule has 0 unspecified atom stereocenters. The molecular weight excluding hydrogens is 326 g/mol. The summed E-state index contributed by atoms with van der Waals surface area (Å²) >= 11 is 0. The van der Waals surface area contributed by atoms with Crippen LogP contribution in [0.1, 0.15) is 26.3 Å². The van der Waals surface area contributed by atoms with Crippen LogP contribution >= 0.6 is 0 Å². The van der Waals surface area contributed by atoms with Gasteiger partial charge in [0.1, 0.15) is 29.9 Å². The molecule has 0 amide bonds. The second-order valence-electron chi connectivity index (χ2n) is 7.50. The Kier molecular flexibility index (Phi) is 5.18. The van der Waals surface area contributed by atoms with Gasteiger partial charge in [0.2, 0.25) is 0 Å². The topological polar surface area (TPSA) is 64.3 Å². The summed E-state index contributed by atoms with van der Waals surface area (Å²) in [4.78, 5) is 0. The smallest absolute Gasteiger partial charge is 0.356 e. The Morgan fingerprint density at radius 3 is 2.42 bits per heavy atom. The van der Waals surface area contributed by atoms with E-state index in [1.165, 1.54) is 5.56 Å². The van der Waals surface area contributed by atoms with E-state index < -0.39 is 0 Å². The lowest BCUT2D eigenvalue weighted by molar-refractivity contribution is -0.658. The van der Waals surface area contributed by atoms with E-state index in [0.717, 1.165) is 16.8 Å². The van der Waals surface area contributed by atoms with Gasteiger partial charge in [-0.15, -0.1) is 0 Å². The molecule has 3 rings (SSSR count). The van der Waals surface area contributed by atoms with Crippen LogP contribution in [0.15, 0.2) is 48.5 Å². The summed E-state index contributed by atoms with van der Waals surface area (Å²) in [6.45, 7) is 8.30. The normalized spacial score (nSPS) is 11.8. The highest BCUT2D eigenvalue weighted by atomic mass is 16.5. The number of fused-ring (bicyclic) bond motifs is 1. The van der Waals surface area contributed by atoms with Crippen molar-refractivity contribution in [2.24, 2.45) is 0 Å². The van der Waals surface area contributed by atoms with E-state index >= 15 is 0 Å². The number of aliphatic hydroxyl groups excluding tert-OH is 1. The summed E-state index contributed by atoms with van der Waals surface area (Å²) in [7, 11) is 0. The highest BCUT2D eigenvalue weighted by Crippen LogP contribution is 2.24. The average molecular weight is 354 g/mol. The first-order chi connectivity index (χ1) is 12.4. The van der Waals surface area contributed by atoms with Gasteiger partial charge in [-0.3, -0.25) is 5.73 Å². The number of benzene rings is 2. The van der Waals surface area contributed by atoms with Gasteiger partial charge >= 0.3 is 5.95 Å². The number of aliphatic hydroxyl groups is 1. The summed E-state index contributed by atoms with van der Waals surface area (Å²) in [6, 6.07) is 16.3. The predicted octanol–water partition coefficient (Wildman–Crippen LogP) is 2.88. The lowest BCUT2D eigenvalue weighted by Crippen LogP contribution is -2.38. The van der Waals surface area contributed by atoms with E-state index in [2.05, 4.69) is 32.9 Å². The zero-order chi connectivity index (χ0) is 18.7. The van der Waals surface area contributed by atoms with Crippen LogP contribution in [0, 0.1) is 0 Å². The molecule has 1 heterocycles. The second-order valence-corrected chi connectivity index (χ2v) is 7.50. The SMILES string of the molecule is CC(C)(C)c1ccc(OCCn2c(N)[n+](CCO)c3ccccc32)cc1. The summed E-state index contributed by atoms with van der Waals surface area (Å²) in [5, 5.41) is 9.31. The molecule has 0 spiro atoms. The number of nitrogen functional groups attached to an aromatic ring is 1. The van der Waals surface area contributed by atoms with Crippen LogP contribution in [0.4, 0.5) is 5.95 Å². The molecule has 0 radical (unpaired) electrons. The molecule has 138 valence electrons. The third kappa shape index (κ3) is 3.68. The van der Waals surface area contributed by atoms with Crippen LogP contribution in [0.25, 0.3) is 11.0 Å². The molecule has 0 aliphatic carbocycles. The van der Waals surface area contributed by atoms with Crippen molar-refractivity contribution >= 4 is 17.0 Å². The van der Waals surface area contributed by atoms with Gasteiger partial charge in [-0.1, -0.05) is 45.0 Å². The molecule has 0 saturated carbocycles. The Morgan fingerprint density at radius 1 is 1.08 bits per heavy atom. The number of para-hydroxylation sites is 2. The lowest BCUT2D eigenvalue weighted by atomic mass is 9.87. The van der Waals surface area contributed by atoms with E-state index in [0.29, 0.717) is 25.6 Å². The van der Waals surface area contributed by atoms with Crippen molar-refractivity contribution in [3.8, 4) is 5.75 Å². The van der Waals surface area contributed by atoms with Crippen molar-refractivity contribution in [3.63, 3.8) is 0 Å². The number of nitrogens with zero attached hydrogens (tertiary/aromatic N) is 2. The molecule has 5 heteroatoms. The van der Waals surface area contributed by atoms with Crippen LogP contribution in [0.2, 0.25) is 0 Å². The van der Waals surface area contributed by atoms with E-state index in [-0.39, 0.29) is 12.0 Å². The van der Waals surface area contributed by atoms with Gasteiger partial charge in [-0.05, 0) is 35.2 Å². The molecule has 0 bridgehead atoms. The molecule has 3 N–H and O–H groups in total. The van der Waals surface area contributed by atoms with Crippen LogP contribution < -0.4 is 15.0 Å². The first-order valence-electron chi connectivity index (χ1n) is 9.02. The van der Waals surface area contributed by atoms with Crippen LogP contribution in [0.3, 0.4) is 0 Å². The number of aromatic nitrogens is 2. The minimum atomic E-state index is 0.0551. The van der Waals surface area contributed by atoms with Gasteiger partial charge in [0, 0.05) is 0 Å². The number of nitrogens with two attached hydrogens (primary N) is 1. The molecule has 0 aliphatic rings. The number of hydrogen-bond acceptors (Lipinski definition) is 3. The van der Waals surface area contributed by atoms with Gasteiger partial charge in [0.25, 0.3) is 0 Å². The lowest BCUT2D eigenvalue weighted by Gasteiger charge is -2.19. The Morgan fingerprint density at radius 2 is 1.77 bits per heavy atom. The first-order valence-corrected chi connectivity index (χ1v) is 9.02. The van der Waals surface area contributed by atoms with Crippen LogP contribution in [-0.4, -0.2) is 22.9 Å². The van der Waals surface area contributed by atoms with Gasteiger partial charge in [0.15, 0.2) is 0 Å². The summed E-state index contributed by atoms with van der Waals surface area (Å²) in [5.41, 5.74) is 9.80. The third-order valence-corrected chi connectivity index (χ3v) is 4.64. The summed E-state index contributed by atoms with van der Waals surface area (Å²) < 4.78 is 9.89. The molecule has 0 aliphatic heterocycles. The Bertz CT molecular complexity index is 877. The van der Waals surface area contributed by atoms with E-state index in [1.54, 1.807) is 0 Å². The van der Waals surface area contributed by atoms with Crippen molar-refractivity contribution in [1.29, 1.82) is 0 Å². The van der Waals surface area contributed by atoms with E-state index in [9.17, 15) is 5.11 Å². The number of imidazole rings is 1. The second kappa shape index (κ2) is 7.38. The molecular formula is C21H28N3O2+. The van der Waals surface area contributed by atoms with Gasteiger partial charge in [-0.2, -0.15) is 0 Å². The minimum Gasteiger partial charge on any atom is -0.490 e. The zero-order valence-corrected chi connectivity index (χ0v) is 15.8. The maximum atomic E-state index is 9.31. The number of anilines is 1. The van der Waals surface area contributed by atoms with Gasteiger partial charge in [-0.25, -0.2) is 9.13 Å². The van der Waals surface area contributed by atoms with Crippen molar-refractivity contribution < 1.29 is 14.4 Å². The van der Waals surface area contributed by atoms with E-state index in [1.807, 2.05) is 45.5 Å². The average Bonchev–Trinajstić information content (AvgIpc) is 2.88. The van der Waals surface area contributed by atoms with Crippen molar-refractivity contribution in [2.45, 2.75) is 39.3 Å².